The zero-order valence-electron chi connectivity index (χ0n) is 4.00. The molecule has 0 amide bonds. The Balaban J connectivity index is 0. The third kappa shape index (κ3) is 9.46. The topological polar surface area (TPSA) is 74.6 Å². The van der Waals surface area contributed by atoms with E-state index in [0.717, 1.165) is 0 Å². The molecule has 5 heteroatoms. The maximum absolute atomic E-state index is 9.43. The summed E-state index contributed by atoms with van der Waals surface area (Å²) in [5.41, 5.74) is 0. The van der Waals surface area contributed by atoms with E-state index in [2.05, 4.69) is 0 Å². The van der Waals surface area contributed by atoms with Gasteiger partial charge in [0.25, 0.3) is 0 Å². The van der Waals surface area contributed by atoms with E-state index in [9.17, 15) is 9.59 Å². The maximum Gasteiger partial charge on any atom is 0.314 e. The molecule has 0 saturated heterocycles. The minimum Gasteiger partial charge on any atom is -0.481 e. The van der Waals surface area contributed by atoms with E-state index >= 15 is 0 Å². The first-order chi connectivity index (χ1) is 3.13. The zero-order valence-corrected chi connectivity index (χ0v) is 7.62. The van der Waals surface area contributed by atoms with Crippen LogP contribution in [-0.2, 0) is 9.59 Å². The van der Waals surface area contributed by atoms with E-state index in [1.54, 1.807) is 0 Å². The van der Waals surface area contributed by atoms with Gasteiger partial charge in [-0.15, -0.1) is 0 Å². The average Bonchev–Trinajstić information content (AvgIpc) is 1.27. The molecule has 8 heavy (non-hydrogen) atoms. The first kappa shape index (κ1) is 11.0. The van der Waals surface area contributed by atoms with Gasteiger partial charge in [0, 0.05) is 35.6 Å². The smallest absolute Gasteiger partial charge is 0.314 e. The van der Waals surface area contributed by atoms with Crippen LogP contribution in [0.1, 0.15) is 6.42 Å². The van der Waals surface area contributed by atoms with Crippen molar-refractivity contribution in [1.82, 2.24) is 0 Å². The van der Waals surface area contributed by atoms with Gasteiger partial charge >= 0.3 is 11.9 Å². The summed E-state index contributed by atoms with van der Waals surface area (Å²) in [5.74, 6) is -2.62. The second-order valence-corrected chi connectivity index (χ2v) is 0.964. The SMILES string of the molecule is O=C(O)CC(=O)O.[La]. The molecule has 0 aromatic carbocycles. The molecule has 0 fully saturated rings. The Labute approximate surface area is 73.5 Å². The van der Waals surface area contributed by atoms with Crippen LogP contribution in [0.15, 0.2) is 0 Å². The van der Waals surface area contributed by atoms with E-state index in [4.69, 9.17) is 10.2 Å². The molecule has 0 aliphatic rings. The number of rotatable bonds is 2. The van der Waals surface area contributed by atoms with E-state index < -0.39 is 18.4 Å². The van der Waals surface area contributed by atoms with Crippen molar-refractivity contribution in [3.05, 3.63) is 0 Å². The summed E-state index contributed by atoms with van der Waals surface area (Å²) in [6.07, 6.45) is -0.806. The normalized spacial score (nSPS) is 7.00. The molecule has 0 atom stereocenters. The predicted octanol–water partition coefficient (Wildman–Crippen LogP) is -0.454. The fourth-order valence-corrected chi connectivity index (χ4v) is 0.129. The summed E-state index contributed by atoms with van der Waals surface area (Å²) in [7, 11) is 0. The van der Waals surface area contributed by atoms with Gasteiger partial charge in [-0.25, -0.2) is 0 Å². The molecule has 1 radical (unpaired) electrons. The third-order valence-electron chi connectivity index (χ3n) is 0.302. The average molecular weight is 243 g/mol. The van der Waals surface area contributed by atoms with Crippen LogP contribution >= 0.6 is 0 Å². The second kappa shape index (κ2) is 5.27. The number of hydrogen-bond donors (Lipinski definition) is 2. The molecule has 2 N–H and O–H groups in total. The standard InChI is InChI=1S/C3H4O4.La/c4-2(5)1-3(6)7;/h1H2,(H,4,5)(H,6,7);. The molecule has 0 aromatic heterocycles. The summed E-state index contributed by atoms with van der Waals surface area (Å²) < 4.78 is 0. The summed E-state index contributed by atoms with van der Waals surface area (Å²) in [4.78, 5) is 18.9. The van der Waals surface area contributed by atoms with Crippen LogP contribution in [0.3, 0.4) is 0 Å². The van der Waals surface area contributed by atoms with Crippen LogP contribution in [0.25, 0.3) is 0 Å². The Morgan fingerprint density at radius 2 is 1.38 bits per heavy atom. The molecular formula is C3H4LaO4. The maximum atomic E-state index is 9.43. The van der Waals surface area contributed by atoms with Crippen molar-refractivity contribution in [1.29, 1.82) is 0 Å². The Morgan fingerprint density at radius 3 is 1.38 bits per heavy atom. The Hall–Kier alpha value is 0.135. The number of carbonyl (C=O) groups is 2. The van der Waals surface area contributed by atoms with Gasteiger partial charge in [0.05, 0.1) is 0 Å². The van der Waals surface area contributed by atoms with Crippen LogP contribution < -0.4 is 0 Å². The van der Waals surface area contributed by atoms with Crippen molar-refractivity contribution in [3.63, 3.8) is 0 Å². The van der Waals surface area contributed by atoms with Gasteiger partial charge in [0.1, 0.15) is 6.42 Å². The van der Waals surface area contributed by atoms with Gasteiger partial charge in [-0.05, 0) is 0 Å². The summed E-state index contributed by atoms with van der Waals surface area (Å²) in [6.45, 7) is 0. The molecule has 0 aromatic rings. The fourth-order valence-electron chi connectivity index (χ4n) is 0.129. The molecule has 0 aliphatic carbocycles. The molecule has 0 heterocycles. The van der Waals surface area contributed by atoms with E-state index in [1.165, 1.54) is 0 Å². The molecule has 4 nitrogen and oxygen atoms in total. The van der Waals surface area contributed by atoms with Gasteiger partial charge in [0.2, 0.25) is 0 Å². The van der Waals surface area contributed by atoms with Crippen LogP contribution in [0.4, 0.5) is 0 Å². The van der Waals surface area contributed by atoms with Crippen molar-refractivity contribution in [2.24, 2.45) is 0 Å². The first-order valence-corrected chi connectivity index (χ1v) is 1.56. The van der Waals surface area contributed by atoms with E-state index in [1.807, 2.05) is 0 Å². The summed E-state index contributed by atoms with van der Waals surface area (Å²) >= 11 is 0. The van der Waals surface area contributed by atoms with Crippen molar-refractivity contribution in [2.45, 2.75) is 6.42 Å². The van der Waals surface area contributed by atoms with Crippen LogP contribution in [0.5, 0.6) is 0 Å². The van der Waals surface area contributed by atoms with E-state index in [0.29, 0.717) is 0 Å². The summed E-state index contributed by atoms with van der Waals surface area (Å²) in [5, 5.41) is 15.4. The van der Waals surface area contributed by atoms with Crippen molar-refractivity contribution < 1.29 is 55.4 Å². The Bertz CT molecular complexity index is 87.5. The van der Waals surface area contributed by atoms with Crippen molar-refractivity contribution >= 4 is 11.9 Å². The van der Waals surface area contributed by atoms with Gasteiger partial charge in [-0.1, -0.05) is 0 Å². The second-order valence-electron chi connectivity index (χ2n) is 0.964. The quantitative estimate of drug-likeness (QED) is 0.644. The zero-order chi connectivity index (χ0) is 5.86. The molecule has 0 unspecified atom stereocenters. The number of carboxylic acid groups (broad SMARTS) is 2. The molecule has 0 rings (SSSR count). The minimum absolute atomic E-state index is 0. The monoisotopic (exact) mass is 243 g/mol. The predicted molar refractivity (Wildman–Crippen MR) is 19.9 cm³/mol. The van der Waals surface area contributed by atoms with Gasteiger partial charge in [-0.2, -0.15) is 0 Å². The van der Waals surface area contributed by atoms with Gasteiger partial charge in [-0.3, -0.25) is 9.59 Å². The van der Waals surface area contributed by atoms with Crippen LogP contribution in [-0.4, -0.2) is 22.2 Å². The van der Waals surface area contributed by atoms with Gasteiger partial charge < -0.3 is 10.2 Å². The molecule has 43 valence electrons. The van der Waals surface area contributed by atoms with Crippen molar-refractivity contribution in [2.75, 3.05) is 0 Å². The molecule has 0 bridgehead atoms. The fraction of sp³-hybridized carbons (Fsp3) is 0.333. The molecule has 0 aliphatic heterocycles. The summed E-state index contributed by atoms with van der Waals surface area (Å²) in [6, 6.07) is 0. The van der Waals surface area contributed by atoms with E-state index in [-0.39, 0.29) is 35.6 Å². The van der Waals surface area contributed by atoms with Crippen molar-refractivity contribution in [3.8, 4) is 0 Å². The third-order valence-corrected chi connectivity index (χ3v) is 0.302. The number of hydrogen-bond acceptors (Lipinski definition) is 2. The Morgan fingerprint density at radius 1 is 1.12 bits per heavy atom. The number of aliphatic carboxylic acids is 2. The minimum atomic E-state index is -1.31. The molecular weight excluding hydrogens is 239 g/mol. The van der Waals surface area contributed by atoms with Crippen LogP contribution in [0.2, 0.25) is 0 Å². The Kier molecular flexibility index (Phi) is 7.26. The first-order valence-electron chi connectivity index (χ1n) is 1.56. The largest absolute Gasteiger partial charge is 0.481 e. The van der Waals surface area contributed by atoms with Gasteiger partial charge in [0.15, 0.2) is 0 Å². The number of carboxylic acids is 2. The molecule has 0 saturated carbocycles. The van der Waals surface area contributed by atoms with Crippen LogP contribution in [0, 0.1) is 35.6 Å². The molecule has 0 spiro atoms.